The standard InChI is InChI=1S/C18H25NO/c1-3-4-5-6-7-9-12-16(2)18(20)19-15-17-13-10-8-11-14-17/h8-11,13-14H,3-7,15H2,1-2H3,(H,19,20). The molecule has 1 amide bonds. The van der Waals surface area contributed by atoms with E-state index in [9.17, 15) is 4.79 Å². The number of carbonyl (C=O) groups excluding carboxylic acids is 1. The minimum atomic E-state index is -0.0429. The third-order valence-electron chi connectivity index (χ3n) is 3.16. The van der Waals surface area contributed by atoms with Gasteiger partial charge in [0.2, 0.25) is 0 Å². The van der Waals surface area contributed by atoms with Gasteiger partial charge in [-0.05, 0) is 31.4 Å². The molecule has 0 aromatic heterocycles. The topological polar surface area (TPSA) is 29.1 Å². The van der Waals surface area contributed by atoms with Gasteiger partial charge < -0.3 is 5.32 Å². The fourth-order valence-electron chi connectivity index (χ4n) is 1.87. The number of hydrogen-bond donors (Lipinski definition) is 1. The summed E-state index contributed by atoms with van der Waals surface area (Å²) in [6.45, 7) is 4.58. The maximum Gasteiger partial charge on any atom is 0.254 e. The molecule has 0 aliphatic heterocycles. The van der Waals surface area contributed by atoms with Crippen molar-refractivity contribution < 1.29 is 4.79 Å². The molecule has 20 heavy (non-hydrogen) atoms. The highest BCUT2D eigenvalue weighted by Gasteiger charge is 2.02. The van der Waals surface area contributed by atoms with Crippen molar-refractivity contribution in [3.63, 3.8) is 0 Å². The Morgan fingerprint density at radius 2 is 1.95 bits per heavy atom. The number of carbonyl (C=O) groups is 1. The zero-order valence-corrected chi connectivity index (χ0v) is 12.6. The Bertz CT molecular complexity index is 456. The van der Waals surface area contributed by atoms with E-state index in [1.807, 2.05) is 43.3 Å². The van der Waals surface area contributed by atoms with Crippen molar-refractivity contribution in [3.05, 3.63) is 53.3 Å². The molecule has 0 fully saturated rings. The van der Waals surface area contributed by atoms with Gasteiger partial charge in [-0.1, -0.05) is 56.5 Å². The van der Waals surface area contributed by atoms with E-state index in [4.69, 9.17) is 0 Å². The molecule has 0 radical (unpaired) electrons. The highest BCUT2D eigenvalue weighted by molar-refractivity contribution is 5.92. The van der Waals surface area contributed by atoms with Crippen molar-refractivity contribution in [3.8, 4) is 0 Å². The molecular weight excluding hydrogens is 246 g/mol. The van der Waals surface area contributed by atoms with Gasteiger partial charge in [0.05, 0.1) is 5.57 Å². The predicted molar refractivity (Wildman–Crippen MR) is 84.3 cm³/mol. The number of nitrogens with one attached hydrogen (secondary N) is 1. The maximum atomic E-state index is 11.9. The zero-order chi connectivity index (χ0) is 14.6. The summed E-state index contributed by atoms with van der Waals surface area (Å²) in [5, 5.41) is 2.90. The van der Waals surface area contributed by atoms with Crippen LogP contribution < -0.4 is 5.32 Å². The van der Waals surface area contributed by atoms with Crippen LogP contribution >= 0.6 is 0 Å². The summed E-state index contributed by atoms with van der Waals surface area (Å²) in [5.41, 5.74) is 4.83. The van der Waals surface area contributed by atoms with E-state index in [0.717, 1.165) is 12.0 Å². The van der Waals surface area contributed by atoms with Crippen molar-refractivity contribution in [2.75, 3.05) is 0 Å². The molecule has 1 rings (SSSR count). The molecular formula is C18H25NO. The molecule has 0 aliphatic rings. The fourth-order valence-corrected chi connectivity index (χ4v) is 1.87. The van der Waals surface area contributed by atoms with Crippen molar-refractivity contribution >= 4 is 5.91 Å². The smallest absolute Gasteiger partial charge is 0.254 e. The summed E-state index contributed by atoms with van der Waals surface area (Å²) in [6, 6.07) is 9.92. The molecule has 0 bridgehead atoms. The molecule has 0 saturated carbocycles. The summed E-state index contributed by atoms with van der Waals surface area (Å²) in [4.78, 5) is 11.9. The molecule has 0 spiro atoms. The highest BCUT2D eigenvalue weighted by atomic mass is 16.1. The minimum Gasteiger partial charge on any atom is -0.348 e. The Labute approximate surface area is 122 Å². The Balaban J connectivity index is 2.32. The van der Waals surface area contributed by atoms with E-state index in [1.54, 1.807) is 0 Å². The minimum absolute atomic E-state index is 0.0429. The van der Waals surface area contributed by atoms with Crippen LogP contribution in [0.1, 0.15) is 51.5 Å². The van der Waals surface area contributed by atoms with Crippen LogP contribution in [0.4, 0.5) is 0 Å². The monoisotopic (exact) mass is 271 g/mol. The van der Waals surface area contributed by atoms with Crippen LogP contribution in [0.3, 0.4) is 0 Å². The Hall–Kier alpha value is -1.79. The van der Waals surface area contributed by atoms with E-state index in [0.29, 0.717) is 12.1 Å². The van der Waals surface area contributed by atoms with Gasteiger partial charge in [0.1, 0.15) is 0 Å². The van der Waals surface area contributed by atoms with Crippen LogP contribution in [0, 0.1) is 0 Å². The van der Waals surface area contributed by atoms with E-state index in [1.165, 1.54) is 25.7 Å². The molecule has 108 valence electrons. The quantitative estimate of drug-likeness (QED) is 0.424. The summed E-state index contributed by atoms with van der Waals surface area (Å²) in [6.07, 6.45) is 7.96. The summed E-state index contributed by atoms with van der Waals surface area (Å²) in [5.74, 6) is -0.0429. The molecule has 0 saturated heterocycles. The molecule has 1 N–H and O–H groups in total. The molecule has 2 nitrogen and oxygen atoms in total. The normalized spacial score (nSPS) is 9.70. The van der Waals surface area contributed by atoms with E-state index in [-0.39, 0.29) is 5.91 Å². The lowest BCUT2D eigenvalue weighted by atomic mass is 10.1. The highest BCUT2D eigenvalue weighted by Crippen LogP contribution is 2.03. The second-order valence-corrected chi connectivity index (χ2v) is 4.99. The Morgan fingerprint density at radius 1 is 1.20 bits per heavy atom. The third kappa shape index (κ3) is 6.96. The van der Waals surface area contributed by atoms with Gasteiger partial charge in [0, 0.05) is 6.54 Å². The summed E-state index contributed by atoms with van der Waals surface area (Å²) < 4.78 is 0. The summed E-state index contributed by atoms with van der Waals surface area (Å²) >= 11 is 0. The molecule has 1 aromatic carbocycles. The molecule has 0 aliphatic carbocycles. The van der Waals surface area contributed by atoms with Crippen molar-refractivity contribution in [1.82, 2.24) is 5.32 Å². The van der Waals surface area contributed by atoms with Crippen LogP contribution in [-0.4, -0.2) is 5.91 Å². The van der Waals surface area contributed by atoms with Crippen LogP contribution in [-0.2, 0) is 11.3 Å². The predicted octanol–water partition coefficient (Wildman–Crippen LogP) is 4.37. The second-order valence-electron chi connectivity index (χ2n) is 4.99. The number of benzene rings is 1. The Kier molecular flexibility index (Phi) is 8.17. The molecule has 0 atom stereocenters. The average molecular weight is 271 g/mol. The van der Waals surface area contributed by atoms with Crippen LogP contribution in [0.2, 0.25) is 0 Å². The van der Waals surface area contributed by atoms with Gasteiger partial charge in [-0.3, -0.25) is 4.79 Å². The van der Waals surface area contributed by atoms with Crippen molar-refractivity contribution in [2.45, 2.75) is 52.5 Å². The van der Waals surface area contributed by atoms with Crippen molar-refractivity contribution in [1.29, 1.82) is 0 Å². The van der Waals surface area contributed by atoms with Gasteiger partial charge in [-0.15, -0.1) is 5.73 Å². The van der Waals surface area contributed by atoms with Gasteiger partial charge in [-0.2, -0.15) is 0 Å². The number of unbranched alkanes of at least 4 members (excludes halogenated alkanes) is 4. The van der Waals surface area contributed by atoms with Crippen LogP contribution in [0.15, 0.2) is 47.7 Å². The second kappa shape index (κ2) is 10.1. The molecule has 1 aromatic rings. The molecule has 2 heteroatoms. The van der Waals surface area contributed by atoms with Crippen molar-refractivity contribution in [2.24, 2.45) is 0 Å². The largest absolute Gasteiger partial charge is 0.348 e. The van der Waals surface area contributed by atoms with E-state index >= 15 is 0 Å². The van der Waals surface area contributed by atoms with Crippen LogP contribution in [0.25, 0.3) is 0 Å². The SMILES string of the molecule is CCCCCCC=C=C(C)C(=O)NCc1ccccc1. The first-order chi connectivity index (χ1) is 9.74. The maximum absolute atomic E-state index is 11.9. The fraction of sp³-hybridized carbons (Fsp3) is 0.444. The number of hydrogen-bond acceptors (Lipinski definition) is 1. The third-order valence-corrected chi connectivity index (χ3v) is 3.16. The van der Waals surface area contributed by atoms with Gasteiger partial charge in [0.15, 0.2) is 0 Å². The average Bonchev–Trinajstić information content (AvgIpc) is 2.49. The zero-order valence-electron chi connectivity index (χ0n) is 12.6. The summed E-state index contributed by atoms with van der Waals surface area (Å²) in [7, 11) is 0. The lowest BCUT2D eigenvalue weighted by molar-refractivity contribution is -0.117. The number of rotatable bonds is 8. The molecule has 0 unspecified atom stereocenters. The number of amides is 1. The first-order valence-electron chi connectivity index (χ1n) is 7.48. The van der Waals surface area contributed by atoms with Gasteiger partial charge in [0.25, 0.3) is 5.91 Å². The van der Waals surface area contributed by atoms with Gasteiger partial charge >= 0.3 is 0 Å². The van der Waals surface area contributed by atoms with Crippen LogP contribution in [0.5, 0.6) is 0 Å². The first-order valence-corrected chi connectivity index (χ1v) is 7.48. The van der Waals surface area contributed by atoms with E-state index < -0.39 is 0 Å². The Morgan fingerprint density at radius 3 is 2.65 bits per heavy atom. The lowest BCUT2D eigenvalue weighted by Crippen LogP contribution is -2.23. The lowest BCUT2D eigenvalue weighted by Gasteiger charge is -2.03. The van der Waals surface area contributed by atoms with Gasteiger partial charge in [-0.25, -0.2) is 0 Å². The first kappa shape index (κ1) is 16.3. The molecule has 0 heterocycles. The van der Waals surface area contributed by atoms with E-state index in [2.05, 4.69) is 18.0 Å².